The number of hydrogen-bond acceptors (Lipinski definition) is 5. The summed E-state index contributed by atoms with van der Waals surface area (Å²) in [6.45, 7) is 4.57. The van der Waals surface area contributed by atoms with Gasteiger partial charge in [-0.2, -0.15) is 0 Å². The fourth-order valence-electron chi connectivity index (χ4n) is 4.24. The van der Waals surface area contributed by atoms with Gasteiger partial charge in [-0.25, -0.2) is 0 Å². The number of nitrogens with zero attached hydrogens (tertiary/aromatic N) is 2. The number of unbranched alkanes of at least 4 members (excludes halogenated alkanes) is 2. The number of aliphatic hydroxyl groups is 1. The van der Waals surface area contributed by atoms with Gasteiger partial charge in [0.05, 0.1) is 18.2 Å². The van der Waals surface area contributed by atoms with Crippen molar-refractivity contribution in [2.45, 2.75) is 39.2 Å². The summed E-state index contributed by atoms with van der Waals surface area (Å²) in [5, 5.41) is 11.8. The molecule has 1 saturated heterocycles. The molecule has 1 atom stereocenters. The highest BCUT2D eigenvalue weighted by atomic mass is 35.5. The SMILES string of the molecule is CCCCCOc1ccc(/C(O)=C2\C(=O)C(=O)N(c3ccc(Cl)cc3C)C2c2ccncc2)cc1. The highest BCUT2D eigenvalue weighted by Gasteiger charge is 2.47. The van der Waals surface area contributed by atoms with E-state index < -0.39 is 17.7 Å². The summed E-state index contributed by atoms with van der Waals surface area (Å²) in [4.78, 5) is 32.0. The monoisotopic (exact) mass is 490 g/mol. The maximum atomic E-state index is 13.3. The fraction of sp³-hybridized carbons (Fsp3) is 0.250. The van der Waals surface area contributed by atoms with E-state index in [-0.39, 0.29) is 11.3 Å². The summed E-state index contributed by atoms with van der Waals surface area (Å²) in [6.07, 6.45) is 6.37. The number of carbonyl (C=O) groups is 2. The first-order valence-electron chi connectivity index (χ1n) is 11.6. The number of aryl methyl sites for hydroxylation is 1. The van der Waals surface area contributed by atoms with E-state index in [0.717, 1.165) is 24.8 Å². The number of halogens is 1. The largest absolute Gasteiger partial charge is 0.507 e. The number of aromatic nitrogens is 1. The molecular formula is C28H27ClN2O4. The minimum Gasteiger partial charge on any atom is -0.507 e. The van der Waals surface area contributed by atoms with Crippen LogP contribution in [0, 0.1) is 6.92 Å². The second kappa shape index (κ2) is 10.7. The minimum atomic E-state index is -0.817. The summed E-state index contributed by atoms with van der Waals surface area (Å²) >= 11 is 6.12. The molecule has 1 aromatic heterocycles. The molecule has 1 aliphatic heterocycles. The molecule has 0 radical (unpaired) electrons. The number of ketones is 1. The van der Waals surface area contributed by atoms with Crippen LogP contribution in [-0.4, -0.2) is 28.4 Å². The zero-order valence-corrected chi connectivity index (χ0v) is 20.5. The lowest BCUT2D eigenvalue weighted by molar-refractivity contribution is -0.132. The van der Waals surface area contributed by atoms with E-state index in [4.69, 9.17) is 16.3 Å². The van der Waals surface area contributed by atoms with Gasteiger partial charge in [0.25, 0.3) is 11.7 Å². The van der Waals surface area contributed by atoms with Crippen molar-refractivity contribution in [3.8, 4) is 5.75 Å². The van der Waals surface area contributed by atoms with Crippen LogP contribution < -0.4 is 9.64 Å². The van der Waals surface area contributed by atoms with Gasteiger partial charge in [-0.05, 0) is 79.1 Å². The maximum Gasteiger partial charge on any atom is 0.300 e. The molecule has 7 heteroatoms. The van der Waals surface area contributed by atoms with E-state index in [1.165, 1.54) is 4.90 Å². The number of amides is 1. The van der Waals surface area contributed by atoms with Gasteiger partial charge in [-0.15, -0.1) is 0 Å². The zero-order valence-electron chi connectivity index (χ0n) is 19.7. The fourth-order valence-corrected chi connectivity index (χ4v) is 4.46. The van der Waals surface area contributed by atoms with Gasteiger partial charge < -0.3 is 9.84 Å². The van der Waals surface area contributed by atoms with Crippen LogP contribution >= 0.6 is 11.6 Å². The first-order valence-corrected chi connectivity index (χ1v) is 12.0. The summed E-state index contributed by atoms with van der Waals surface area (Å²) in [5.74, 6) is -1.02. The molecular weight excluding hydrogens is 464 g/mol. The zero-order chi connectivity index (χ0) is 24.9. The molecule has 3 aromatic rings. The highest BCUT2D eigenvalue weighted by molar-refractivity contribution is 6.51. The Bertz CT molecular complexity index is 1260. The molecule has 0 spiro atoms. The molecule has 2 heterocycles. The van der Waals surface area contributed by atoms with Crippen LogP contribution in [0.2, 0.25) is 5.02 Å². The van der Waals surface area contributed by atoms with Crippen LogP contribution in [0.3, 0.4) is 0 Å². The van der Waals surface area contributed by atoms with Gasteiger partial charge in [0.1, 0.15) is 11.5 Å². The van der Waals surface area contributed by atoms with E-state index in [1.807, 2.05) is 6.92 Å². The number of Topliss-reactive ketones (excluding diaryl/α,β-unsaturated/α-hetero) is 1. The number of rotatable bonds is 8. The smallest absolute Gasteiger partial charge is 0.300 e. The van der Waals surface area contributed by atoms with E-state index in [2.05, 4.69) is 11.9 Å². The Labute approximate surface area is 209 Å². The Kier molecular flexibility index (Phi) is 7.51. The van der Waals surface area contributed by atoms with E-state index in [1.54, 1.807) is 67.0 Å². The Balaban J connectivity index is 1.76. The summed E-state index contributed by atoms with van der Waals surface area (Å²) in [5.41, 5.74) is 2.39. The van der Waals surface area contributed by atoms with Crippen molar-refractivity contribution in [1.82, 2.24) is 4.98 Å². The van der Waals surface area contributed by atoms with Crippen molar-refractivity contribution in [3.05, 3.63) is 94.3 Å². The molecule has 1 fully saturated rings. The lowest BCUT2D eigenvalue weighted by Gasteiger charge is -2.26. The number of aliphatic hydroxyl groups excluding tert-OH is 1. The first kappa shape index (κ1) is 24.5. The Morgan fingerprint density at radius 2 is 1.77 bits per heavy atom. The third kappa shape index (κ3) is 5.08. The predicted molar refractivity (Wildman–Crippen MR) is 137 cm³/mol. The van der Waals surface area contributed by atoms with E-state index in [9.17, 15) is 14.7 Å². The maximum absolute atomic E-state index is 13.3. The molecule has 35 heavy (non-hydrogen) atoms. The van der Waals surface area contributed by atoms with E-state index in [0.29, 0.717) is 34.2 Å². The topological polar surface area (TPSA) is 79.7 Å². The van der Waals surface area contributed by atoms with Crippen LogP contribution in [0.5, 0.6) is 5.75 Å². The minimum absolute atomic E-state index is 0.0205. The number of ether oxygens (including phenoxy) is 1. The molecule has 0 aliphatic carbocycles. The number of carbonyl (C=O) groups excluding carboxylic acids is 2. The number of benzene rings is 2. The lowest BCUT2D eigenvalue weighted by atomic mass is 9.95. The quantitative estimate of drug-likeness (QED) is 0.175. The number of anilines is 1. The number of hydrogen-bond donors (Lipinski definition) is 1. The third-order valence-electron chi connectivity index (χ3n) is 6.03. The van der Waals surface area contributed by atoms with E-state index >= 15 is 0 Å². The second-order valence-electron chi connectivity index (χ2n) is 8.46. The van der Waals surface area contributed by atoms with Crippen LogP contribution in [-0.2, 0) is 9.59 Å². The molecule has 2 aromatic carbocycles. The van der Waals surface area contributed by atoms with Crippen molar-refractivity contribution in [3.63, 3.8) is 0 Å². The van der Waals surface area contributed by atoms with Gasteiger partial charge in [0.15, 0.2) is 0 Å². The Morgan fingerprint density at radius 1 is 1.06 bits per heavy atom. The third-order valence-corrected chi connectivity index (χ3v) is 6.26. The molecule has 1 aliphatic rings. The van der Waals surface area contributed by atoms with Crippen molar-refractivity contribution < 1.29 is 19.4 Å². The molecule has 1 N–H and O–H groups in total. The number of pyridine rings is 1. The average molecular weight is 491 g/mol. The van der Waals surface area contributed by atoms with Crippen molar-refractivity contribution in [1.29, 1.82) is 0 Å². The summed E-state index contributed by atoms with van der Waals surface area (Å²) in [7, 11) is 0. The highest BCUT2D eigenvalue weighted by Crippen LogP contribution is 2.43. The standard InChI is InChI=1S/C28H27ClN2O4/c1-3-4-5-16-35-22-9-6-20(7-10-22)26(32)24-25(19-12-14-30-15-13-19)31(28(34)27(24)33)23-11-8-21(29)17-18(23)2/h6-15,17,25,32H,3-5,16H2,1-2H3/b26-24+. The van der Waals surface area contributed by atoms with Crippen LogP contribution in [0.1, 0.15) is 48.9 Å². The molecule has 180 valence electrons. The molecule has 1 unspecified atom stereocenters. The van der Waals surface area contributed by atoms with Gasteiger partial charge in [-0.1, -0.05) is 31.4 Å². The van der Waals surface area contributed by atoms with Crippen LogP contribution in [0.25, 0.3) is 5.76 Å². The second-order valence-corrected chi connectivity index (χ2v) is 8.90. The Morgan fingerprint density at radius 3 is 2.43 bits per heavy atom. The molecule has 4 rings (SSSR count). The van der Waals surface area contributed by atoms with Crippen molar-refractivity contribution >= 4 is 34.7 Å². The normalized spacial score (nSPS) is 17.1. The molecule has 1 amide bonds. The first-order chi connectivity index (χ1) is 16.9. The van der Waals surface area contributed by atoms with Crippen LogP contribution in [0.15, 0.2) is 72.6 Å². The van der Waals surface area contributed by atoms with Gasteiger partial charge in [-0.3, -0.25) is 19.5 Å². The van der Waals surface area contributed by atoms with Crippen LogP contribution in [0.4, 0.5) is 5.69 Å². The molecule has 6 nitrogen and oxygen atoms in total. The van der Waals surface area contributed by atoms with Gasteiger partial charge >= 0.3 is 0 Å². The van der Waals surface area contributed by atoms with Gasteiger partial charge in [0, 0.05) is 28.7 Å². The summed E-state index contributed by atoms with van der Waals surface area (Å²) in [6, 6.07) is 14.6. The van der Waals surface area contributed by atoms with Crippen molar-refractivity contribution in [2.75, 3.05) is 11.5 Å². The predicted octanol–water partition coefficient (Wildman–Crippen LogP) is 6.24. The Hall–Kier alpha value is -3.64. The molecule has 0 saturated carbocycles. The van der Waals surface area contributed by atoms with Gasteiger partial charge in [0.2, 0.25) is 0 Å². The molecule has 0 bridgehead atoms. The average Bonchev–Trinajstić information content (AvgIpc) is 3.13. The van der Waals surface area contributed by atoms with Crippen molar-refractivity contribution in [2.24, 2.45) is 0 Å². The summed E-state index contributed by atoms with van der Waals surface area (Å²) < 4.78 is 5.75. The lowest BCUT2D eigenvalue weighted by Crippen LogP contribution is -2.30.